The predicted octanol–water partition coefficient (Wildman–Crippen LogP) is 0.258. The molecule has 0 bridgehead atoms. The van der Waals surface area contributed by atoms with E-state index in [1.165, 1.54) is 7.11 Å². The number of rotatable bonds is 5. The molecule has 0 aromatic heterocycles. The van der Waals surface area contributed by atoms with Crippen LogP contribution >= 0.6 is 11.8 Å². The molecule has 8 heteroatoms. The maximum Gasteiger partial charge on any atom is 0.318 e. The average molecular weight is 280 g/mol. The summed E-state index contributed by atoms with van der Waals surface area (Å²) in [5.74, 6) is -4.42. The second-order valence-electron chi connectivity index (χ2n) is 3.33. The molecule has 1 atom stereocenters. The van der Waals surface area contributed by atoms with Crippen LogP contribution in [0.4, 0.5) is 0 Å². The molecule has 7 nitrogen and oxygen atoms in total. The van der Waals surface area contributed by atoms with Crippen LogP contribution in [0.15, 0.2) is 0 Å². The van der Waals surface area contributed by atoms with Crippen molar-refractivity contribution in [3.8, 4) is 0 Å². The van der Waals surface area contributed by atoms with E-state index in [0.29, 0.717) is 4.42 Å². The molecule has 0 N–H and O–H groups in total. The molecular formula is C10H14ClNO6. The molecule has 1 unspecified atom stereocenters. The van der Waals surface area contributed by atoms with Gasteiger partial charge in [-0.3, -0.25) is 19.2 Å². The molecule has 0 fully saturated rings. The van der Waals surface area contributed by atoms with E-state index in [-0.39, 0.29) is 12.8 Å². The number of imide groups is 1. The third-order valence-electron chi connectivity index (χ3n) is 2.12. The Morgan fingerprint density at radius 2 is 1.72 bits per heavy atom. The quantitative estimate of drug-likeness (QED) is 0.407. The summed E-state index contributed by atoms with van der Waals surface area (Å²) in [6.07, 6.45) is -0.306. The topological polar surface area (TPSA) is 90.0 Å². The van der Waals surface area contributed by atoms with Crippen LogP contribution in [0.2, 0.25) is 0 Å². The number of carbonyl (C=O) groups is 4. The van der Waals surface area contributed by atoms with E-state index in [1.807, 2.05) is 0 Å². The van der Waals surface area contributed by atoms with Gasteiger partial charge in [-0.2, -0.15) is 4.42 Å². The third kappa shape index (κ3) is 4.70. The molecular weight excluding hydrogens is 266 g/mol. The number of amides is 2. The minimum atomic E-state index is -1.31. The fourth-order valence-corrected chi connectivity index (χ4v) is 1.26. The zero-order chi connectivity index (χ0) is 14.3. The van der Waals surface area contributed by atoms with E-state index in [2.05, 4.69) is 9.47 Å². The molecule has 0 aromatic rings. The van der Waals surface area contributed by atoms with Crippen LogP contribution in [0, 0.1) is 5.92 Å². The van der Waals surface area contributed by atoms with Crippen LogP contribution in [0.1, 0.15) is 19.8 Å². The molecule has 0 saturated carbocycles. The summed E-state index contributed by atoms with van der Waals surface area (Å²) in [6, 6.07) is 0. The van der Waals surface area contributed by atoms with Gasteiger partial charge in [-0.25, -0.2) is 0 Å². The number of nitrogens with zero attached hydrogens (tertiary/aromatic N) is 1. The average Bonchev–Trinajstić information content (AvgIpc) is 2.36. The van der Waals surface area contributed by atoms with Crippen molar-refractivity contribution in [1.29, 1.82) is 0 Å². The Bertz CT molecular complexity index is 356. The summed E-state index contributed by atoms with van der Waals surface area (Å²) in [6.45, 7) is 1.07. The van der Waals surface area contributed by atoms with Crippen molar-refractivity contribution in [3.05, 3.63) is 0 Å². The van der Waals surface area contributed by atoms with Crippen LogP contribution in [0.5, 0.6) is 0 Å². The van der Waals surface area contributed by atoms with Gasteiger partial charge < -0.3 is 9.47 Å². The van der Waals surface area contributed by atoms with E-state index in [0.717, 1.165) is 14.0 Å². The molecule has 0 spiro atoms. The van der Waals surface area contributed by atoms with Gasteiger partial charge in [-0.15, -0.1) is 0 Å². The Morgan fingerprint density at radius 1 is 1.17 bits per heavy atom. The summed E-state index contributed by atoms with van der Waals surface area (Å²) >= 11 is 5.42. The Kier molecular flexibility index (Phi) is 6.96. The predicted molar refractivity (Wildman–Crippen MR) is 60.1 cm³/mol. The van der Waals surface area contributed by atoms with E-state index in [4.69, 9.17) is 11.8 Å². The van der Waals surface area contributed by atoms with Gasteiger partial charge in [0.1, 0.15) is 5.92 Å². The number of hydrogen-bond donors (Lipinski definition) is 0. The monoisotopic (exact) mass is 279 g/mol. The number of esters is 2. The zero-order valence-electron chi connectivity index (χ0n) is 10.3. The SMILES string of the molecule is COC(=O)CCC(C(=O)OC)C(=O)N(Cl)C(C)=O. The molecule has 0 heterocycles. The normalized spacial score (nSPS) is 11.3. The summed E-state index contributed by atoms with van der Waals surface area (Å²) in [4.78, 5) is 45.0. The van der Waals surface area contributed by atoms with Crippen LogP contribution in [0.25, 0.3) is 0 Å². The minimum absolute atomic E-state index is 0.144. The first-order valence-electron chi connectivity index (χ1n) is 5.00. The molecule has 0 rings (SSSR count). The molecule has 0 aromatic carbocycles. The lowest BCUT2D eigenvalue weighted by Gasteiger charge is -2.16. The smallest absolute Gasteiger partial charge is 0.318 e. The van der Waals surface area contributed by atoms with E-state index >= 15 is 0 Å². The first-order chi connectivity index (χ1) is 8.34. The Labute approximate surface area is 109 Å². The van der Waals surface area contributed by atoms with Gasteiger partial charge in [0, 0.05) is 25.1 Å². The van der Waals surface area contributed by atoms with Crippen LogP contribution < -0.4 is 0 Å². The zero-order valence-corrected chi connectivity index (χ0v) is 11.0. The van der Waals surface area contributed by atoms with Crippen molar-refractivity contribution >= 4 is 35.5 Å². The van der Waals surface area contributed by atoms with Gasteiger partial charge in [0.05, 0.1) is 14.2 Å². The maximum absolute atomic E-state index is 11.7. The third-order valence-corrected chi connectivity index (χ3v) is 2.52. The number of ether oxygens (including phenoxy) is 2. The lowest BCUT2D eigenvalue weighted by atomic mass is 10.0. The minimum Gasteiger partial charge on any atom is -0.469 e. The first-order valence-corrected chi connectivity index (χ1v) is 5.33. The highest BCUT2D eigenvalue weighted by molar-refractivity contribution is 6.31. The summed E-state index contributed by atoms with van der Waals surface area (Å²) in [5.41, 5.74) is 0. The maximum atomic E-state index is 11.7. The van der Waals surface area contributed by atoms with Crippen LogP contribution in [-0.4, -0.2) is 42.4 Å². The van der Waals surface area contributed by atoms with Crippen molar-refractivity contribution in [2.24, 2.45) is 5.92 Å². The molecule has 102 valence electrons. The van der Waals surface area contributed by atoms with Gasteiger partial charge in [0.25, 0.3) is 5.91 Å². The van der Waals surface area contributed by atoms with Gasteiger partial charge in [0.2, 0.25) is 5.91 Å². The number of hydrogen-bond acceptors (Lipinski definition) is 6. The standard InChI is InChI=1S/C10H14ClNO6/c1-6(13)12(11)9(15)7(10(16)18-3)4-5-8(14)17-2/h7H,4-5H2,1-3H3. The Morgan fingerprint density at radius 3 is 2.11 bits per heavy atom. The summed E-state index contributed by atoms with van der Waals surface area (Å²) < 4.78 is 9.10. The number of halogens is 1. The van der Waals surface area contributed by atoms with E-state index in [1.54, 1.807) is 0 Å². The number of carbonyl (C=O) groups excluding carboxylic acids is 4. The molecule has 0 aliphatic rings. The van der Waals surface area contributed by atoms with E-state index in [9.17, 15) is 19.2 Å². The fourth-order valence-electron chi connectivity index (χ4n) is 1.14. The van der Waals surface area contributed by atoms with Crippen LogP contribution in [0.3, 0.4) is 0 Å². The summed E-state index contributed by atoms with van der Waals surface area (Å²) in [5, 5.41) is 0. The van der Waals surface area contributed by atoms with Crippen molar-refractivity contribution in [3.63, 3.8) is 0 Å². The van der Waals surface area contributed by atoms with E-state index < -0.39 is 29.7 Å². The highest BCUT2D eigenvalue weighted by Crippen LogP contribution is 2.15. The number of methoxy groups -OCH3 is 2. The molecule has 0 saturated heterocycles. The molecule has 18 heavy (non-hydrogen) atoms. The lowest BCUT2D eigenvalue weighted by molar-refractivity contribution is -0.153. The van der Waals surface area contributed by atoms with Gasteiger partial charge in [0.15, 0.2) is 0 Å². The summed E-state index contributed by atoms with van der Waals surface area (Å²) in [7, 11) is 2.27. The van der Waals surface area contributed by atoms with Crippen molar-refractivity contribution < 1.29 is 28.7 Å². The van der Waals surface area contributed by atoms with Gasteiger partial charge in [-0.1, -0.05) is 0 Å². The van der Waals surface area contributed by atoms with Crippen molar-refractivity contribution in [2.45, 2.75) is 19.8 Å². The van der Waals surface area contributed by atoms with Crippen molar-refractivity contribution in [2.75, 3.05) is 14.2 Å². The second kappa shape index (κ2) is 7.65. The molecule has 0 aliphatic heterocycles. The first kappa shape index (κ1) is 16.4. The van der Waals surface area contributed by atoms with Crippen LogP contribution in [-0.2, 0) is 28.7 Å². The highest BCUT2D eigenvalue weighted by Gasteiger charge is 2.33. The Hall–Kier alpha value is -1.63. The van der Waals surface area contributed by atoms with Crippen molar-refractivity contribution in [1.82, 2.24) is 4.42 Å². The Balaban J connectivity index is 4.78. The highest BCUT2D eigenvalue weighted by atomic mass is 35.5. The van der Waals surface area contributed by atoms with Gasteiger partial charge >= 0.3 is 11.9 Å². The fraction of sp³-hybridized carbons (Fsp3) is 0.600. The molecule has 0 radical (unpaired) electrons. The largest absolute Gasteiger partial charge is 0.469 e. The molecule has 0 aliphatic carbocycles. The lowest BCUT2D eigenvalue weighted by Crippen LogP contribution is -2.37. The molecule has 2 amide bonds. The van der Waals surface area contributed by atoms with Gasteiger partial charge in [-0.05, 0) is 6.42 Å². The second-order valence-corrected chi connectivity index (χ2v) is 3.67.